The third-order valence-corrected chi connectivity index (χ3v) is 6.48. The van der Waals surface area contributed by atoms with Gasteiger partial charge in [0.1, 0.15) is 16.2 Å². The van der Waals surface area contributed by atoms with Crippen molar-refractivity contribution in [2.75, 3.05) is 26.0 Å². The predicted octanol–water partition coefficient (Wildman–Crippen LogP) is 1.09. The molecule has 1 N–H and O–H groups in total. The zero-order valence-electron chi connectivity index (χ0n) is 18.7. The van der Waals surface area contributed by atoms with E-state index in [0.717, 1.165) is 35.8 Å². The first kappa shape index (κ1) is 23.0. The fourth-order valence-electron chi connectivity index (χ4n) is 3.62. The number of methoxy groups -OCH3 is 1. The summed E-state index contributed by atoms with van der Waals surface area (Å²) in [5.74, 6) is 0.899. The van der Waals surface area contributed by atoms with Crippen LogP contribution in [0.25, 0.3) is 22.4 Å². The summed E-state index contributed by atoms with van der Waals surface area (Å²) in [4.78, 5) is 46.9. The molecule has 33 heavy (non-hydrogen) atoms. The average Bonchev–Trinajstić information content (AvgIpc) is 3.37. The van der Waals surface area contributed by atoms with E-state index < -0.39 is 11.2 Å². The van der Waals surface area contributed by atoms with Crippen molar-refractivity contribution >= 4 is 28.7 Å². The van der Waals surface area contributed by atoms with E-state index >= 15 is 0 Å². The number of carbonyl (C=O) groups excluding carboxylic acids is 1. The second-order valence-electron chi connectivity index (χ2n) is 7.71. The van der Waals surface area contributed by atoms with Gasteiger partial charge in [0, 0.05) is 32.8 Å². The van der Waals surface area contributed by atoms with Gasteiger partial charge in [-0.05, 0) is 37.1 Å². The lowest BCUT2D eigenvalue weighted by atomic mass is 10.2. The van der Waals surface area contributed by atoms with Crippen LogP contribution in [0.5, 0.6) is 5.75 Å². The summed E-state index contributed by atoms with van der Waals surface area (Å²) < 4.78 is 13.1. The molecule has 10 nitrogen and oxygen atoms in total. The Kier molecular flexibility index (Phi) is 6.80. The Morgan fingerprint density at radius 1 is 1.21 bits per heavy atom. The van der Waals surface area contributed by atoms with Gasteiger partial charge in [0.25, 0.3) is 5.56 Å². The smallest absolute Gasteiger partial charge is 0.332 e. The van der Waals surface area contributed by atoms with Crippen molar-refractivity contribution < 1.29 is 14.3 Å². The Morgan fingerprint density at radius 2 is 1.97 bits per heavy atom. The lowest BCUT2D eigenvalue weighted by Crippen LogP contribution is -2.38. The Hall–Kier alpha value is -3.18. The molecule has 0 aliphatic carbocycles. The predicted molar refractivity (Wildman–Crippen MR) is 125 cm³/mol. The molecule has 174 valence electrons. The molecule has 1 aromatic carbocycles. The molecule has 4 rings (SSSR count). The number of rotatable bonds is 7. The molecule has 3 heterocycles. The number of aromatic nitrogens is 4. The Morgan fingerprint density at radius 3 is 2.64 bits per heavy atom. The van der Waals surface area contributed by atoms with Crippen LogP contribution in [0.15, 0.2) is 38.9 Å². The molecule has 1 atom stereocenters. The van der Waals surface area contributed by atoms with E-state index in [1.165, 1.54) is 11.6 Å². The first-order valence-corrected chi connectivity index (χ1v) is 11.5. The van der Waals surface area contributed by atoms with Gasteiger partial charge in [0.15, 0.2) is 11.5 Å². The normalized spacial score (nSPS) is 15.7. The second kappa shape index (κ2) is 9.75. The Balaban J connectivity index is 1.69. The zero-order valence-corrected chi connectivity index (χ0v) is 19.5. The molecule has 3 aromatic rings. The van der Waals surface area contributed by atoms with Crippen LogP contribution in [0.4, 0.5) is 0 Å². The van der Waals surface area contributed by atoms with Crippen molar-refractivity contribution in [1.29, 1.82) is 0 Å². The van der Waals surface area contributed by atoms with E-state index in [-0.39, 0.29) is 28.8 Å². The fraction of sp³-hybridized carbons (Fsp3) is 0.409. The molecule has 2 aromatic heterocycles. The minimum atomic E-state index is -0.503. The highest BCUT2D eigenvalue weighted by atomic mass is 32.2. The molecule has 1 fully saturated rings. The van der Waals surface area contributed by atoms with E-state index in [2.05, 4.69) is 15.3 Å². The molecule has 1 aliphatic heterocycles. The third kappa shape index (κ3) is 4.79. The van der Waals surface area contributed by atoms with Gasteiger partial charge in [-0.15, -0.1) is 0 Å². The maximum absolute atomic E-state index is 12.9. The second-order valence-corrected chi connectivity index (χ2v) is 8.68. The van der Waals surface area contributed by atoms with Crippen LogP contribution in [0.2, 0.25) is 0 Å². The summed E-state index contributed by atoms with van der Waals surface area (Å²) in [6, 6.07) is 7.14. The summed E-state index contributed by atoms with van der Waals surface area (Å²) in [7, 11) is 4.54. The summed E-state index contributed by atoms with van der Waals surface area (Å²) in [6.45, 7) is 1.18. The number of ether oxygens (including phenoxy) is 2. The molecule has 1 amide bonds. The molecule has 0 spiro atoms. The maximum atomic E-state index is 12.9. The standard InChI is InChI=1S/C22H25N5O5S/c1-26-19-17(21(29)27(2)22(26)30)20(33-12-16(28)23-11-15-5-4-10-32-15)25-18(24-19)13-6-8-14(31-3)9-7-13/h6-9,15H,4-5,10-12H2,1-3H3,(H,23,28)/t15-/m0/s1. The van der Waals surface area contributed by atoms with Crippen LogP contribution in [0, 0.1) is 0 Å². The summed E-state index contributed by atoms with van der Waals surface area (Å²) in [6.07, 6.45) is 1.97. The van der Waals surface area contributed by atoms with Gasteiger partial charge < -0.3 is 14.8 Å². The SMILES string of the molecule is COc1ccc(-c2nc(SCC(=O)NC[C@@H]3CCCO3)c3c(=O)n(C)c(=O)n(C)c3n2)cc1. The largest absolute Gasteiger partial charge is 0.497 e. The van der Waals surface area contributed by atoms with Gasteiger partial charge in [-0.1, -0.05) is 11.8 Å². The van der Waals surface area contributed by atoms with Gasteiger partial charge >= 0.3 is 5.69 Å². The number of aryl methyl sites for hydroxylation is 1. The molecule has 0 saturated carbocycles. The number of hydrogen-bond donors (Lipinski definition) is 1. The summed E-state index contributed by atoms with van der Waals surface area (Å²) in [5, 5.41) is 3.41. The zero-order chi connectivity index (χ0) is 23.5. The minimum absolute atomic E-state index is 0.0438. The summed E-state index contributed by atoms with van der Waals surface area (Å²) in [5.41, 5.74) is -0.0875. The third-order valence-electron chi connectivity index (χ3n) is 5.51. The van der Waals surface area contributed by atoms with Crippen molar-refractivity contribution in [1.82, 2.24) is 24.4 Å². The van der Waals surface area contributed by atoms with Gasteiger partial charge in [-0.3, -0.25) is 18.7 Å². The lowest BCUT2D eigenvalue weighted by Gasteiger charge is -2.13. The summed E-state index contributed by atoms with van der Waals surface area (Å²) >= 11 is 1.14. The molecule has 11 heteroatoms. The van der Waals surface area contributed by atoms with Crippen molar-refractivity contribution in [3.8, 4) is 17.1 Å². The van der Waals surface area contributed by atoms with Crippen molar-refractivity contribution in [3.05, 3.63) is 45.1 Å². The molecule has 1 aliphatic rings. The van der Waals surface area contributed by atoms with Crippen LogP contribution < -0.4 is 21.3 Å². The number of amides is 1. The number of fused-ring (bicyclic) bond motifs is 1. The first-order chi connectivity index (χ1) is 15.9. The monoisotopic (exact) mass is 471 g/mol. The van der Waals surface area contributed by atoms with Gasteiger partial charge in [-0.25, -0.2) is 14.8 Å². The average molecular weight is 472 g/mol. The van der Waals surface area contributed by atoms with Gasteiger partial charge in [0.05, 0.1) is 19.0 Å². The highest BCUT2D eigenvalue weighted by molar-refractivity contribution is 8.00. The molecule has 0 unspecified atom stereocenters. The molecule has 0 radical (unpaired) electrons. The number of benzene rings is 1. The topological polar surface area (TPSA) is 117 Å². The van der Waals surface area contributed by atoms with Crippen molar-refractivity contribution in [2.45, 2.75) is 24.0 Å². The quantitative estimate of drug-likeness (QED) is 0.402. The molecule has 1 saturated heterocycles. The number of thioether (sulfide) groups is 1. The van der Waals surface area contributed by atoms with Crippen LogP contribution >= 0.6 is 11.8 Å². The molecular formula is C22H25N5O5S. The van der Waals surface area contributed by atoms with Crippen molar-refractivity contribution in [2.24, 2.45) is 14.1 Å². The minimum Gasteiger partial charge on any atom is -0.497 e. The molecular weight excluding hydrogens is 446 g/mol. The van der Waals surface area contributed by atoms with Crippen molar-refractivity contribution in [3.63, 3.8) is 0 Å². The first-order valence-electron chi connectivity index (χ1n) is 10.5. The van der Waals surface area contributed by atoms with E-state index in [4.69, 9.17) is 9.47 Å². The van der Waals surface area contributed by atoms with Gasteiger partial charge in [0.2, 0.25) is 5.91 Å². The van der Waals surface area contributed by atoms with Crippen LogP contribution in [-0.4, -0.2) is 57.1 Å². The van der Waals surface area contributed by atoms with Crippen LogP contribution in [0.3, 0.4) is 0 Å². The lowest BCUT2D eigenvalue weighted by molar-refractivity contribution is -0.119. The van der Waals surface area contributed by atoms with E-state index in [1.807, 2.05) is 0 Å². The van der Waals surface area contributed by atoms with Crippen LogP contribution in [-0.2, 0) is 23.6 Å². The van der Waals surface area contributed by atoms with Gasteiger partial charge in [-0.2, -0.15) is 0 Å². The van der Waals surface area contributed by atoms with E-state index in [9.17, 15) is 14.4 Å². The number of nitrogens with zero attached hydrogens (tertiary/aromatic N) is 4. The number of hydrogen-bond acceptors (Lipinski definition) is 8. The maximum Gasteiger partial charge on any atom is 0.332 e. The fourth-order valence-corrected chi connectivity index (χ4v) is 4.46. The van der Waals surface area contributed by atoms with E-state index in [0.29, 0.717) is 28.7 Å². The Bertz CT molecular complexity index is 1300. The highest BCUT2D eigenvalue weighted by Crippen LogP contribution is 2.27. The molecule has 0 bridgehead atoms. The van der Waals surface area contributed by atoms with E-state index in [1.54, 1.807) is 38.4 Å². The highest BCUT2D eigenvalue weighted by Gasteiger charge is 2.20. The Labute approximate surface area is 193 Å². The number of nitrogens with one attached hydrogen (secondary N) is 1. The van der Waals surface area contributed by atoms with Crippen LogP contribution in [0.1, 0.15) is 12.8 Å². The number of carbonyl (C=O) groups is 1.